The summed E-state index contributed by atoms with van der Waals surface area (Å²) in [6, 6.07) is 0. The van der Waals surface area contributed by atoms with E-state index in [9.17, 15) is 4.79 Å². The molecule has 0 atom stereocenters. The first-order chi connectivity index (χ1) is 13.9. The number of rotatable bonds is 5. The second-order valence-electron chi connectivity index (χ2n) is 8.29. The van der Waals surface area contributed by atoms with Gasteiger partial charge in [-0.3, -0.25) is 4.90 Å². The number of morpholine rings is 1. The predicted octanol–water partition coefficient (Wildman–Crippen LogP) is 2.94. The van der Waals surface area contributed by atoms with Gasteiger partial charge in [-0.2, -0.15) is 0 Å². The molecule has 7 nitrogen and oxygen atoms in total. The zero-order chi connectivity index (χ0) is 20.6. The number of ether oxygens (including phenoxy) is 3. The SMILES string of the molecule is CCCCOC(=O)c1sc2[nH+]c(N3CCOCC3)c3c(c2c1N)CC(C)(C)OC3. The zero-order valence-electron chi connectivity index (χ0n) is 17.4. The van der Waals surface area contributed by atoms with Gasteiger partial charge in [0.15, 0.2) is 4.83 Å². The van der Waals surface area contributed by atoms with Crippen molar-refractivity contribution >= 4 is 39.0 Å². The van der Waals surface area contributed by atoms with Crippen molar-refractivity contribution in [2.45, 2.75) is 52.2 Å². The quantitative estimate of drug-likeness (QED) is 0.591. The largest absolute Gasteiger partial charge is 0.461 e. The molecule has 1 saturated heterocycles. The molecular formula is C21H30N3O4S+. The molecule has 2 aliphatic heterocycles. The third-order valence-electron chi connectivity index (χ3n) is 5.58. The summed E-state index contributed by atoms with van der Waals surface area (Å²) >= 11 is 1.39. The Hall–Kier alpha value is -1.90. The van der Waals surface area contributed by atoms with E-state index < -0.39 is 0 Å². The van der Waals surface area contributed by atoms with Gasteiger partial charge in [-0.1, -0.05) is 24.7 Å². The van der Waals surface area contributed by atoms with Crippen molar-refractivity contribution < 1.29 is 24.0 Å². The van der Waals surface area contributed by atoms with Crippen molar-refractivity contribution in [2.24, 2.45) is 0 Å². The molecule has 1 fully saturated rings. The number of unbranched alkanes of at least 4 members (excludes halogenated alkanes) is 1. The molecule has 8 heteroatoms. The van der Waals surface area contributed by atoms with Crippen LogP contribution in [0.1, 0.15) is 54.4 Å². The van der Waals surface area contributed by atoms with Gasteiger partial charge < -0.3 is 19.9 Å². The van der Waals surface area contributed by atoms with E-state index in [-0.39, 0.29) is 11.6 Å². The summed E-state index contributed by atoms with van der Waals surface area (Å²) in [5.41, 5.74) is 9.05. The van der Waals surface area contributed by atoms with Crippen LogP contribution in [0.15, 0.2) is 0 Å². The number of anilines is 2. The summed E-state index contributed by atoms with van der Waals surface area (Å²) in [7, 11) is 0. The number of aromatic amines is 1. The number of H-pyrrole nitrogens is 1. The molecule has 0 spiro atoms. The number of hydrogen-bond acceptors (Lipinski definition) is 7. The zero-order valence-corrected chi connectivity index (χ0v) is 18.2. The molecule has 2 aromatic heterocycles. The Morgan fingerprint density at radius 3 is 2.79 bits per heavy atom. The van der Waals surface area contributed by atoms with Gasteiger partial charge in [-0.15, -0.1) is 0 Å². The van der Waals surface area contributed by atoms with Gasteiger partial charge in [-0.25, -0.2) is 9.78 Å². The number of fused-ring (bicyclic) bond motifs is 3. The van der Waals surface area contributed by atoms with Crippen molar-refractivity contribution in [3.8, 4) is 0 Å². The van der Waals surface area contributed by atoms with Crippen LogP contribution in [-0.4, -0.2) is 44.5 Å². The predicted molar refractivity (Wildman–Crippen MR) is 114 cm³/mol. The summed E-state index contributed by atoms with van der Waals surface area (Å²) in [6.07, 6.45) is 2.58. The number of nitrogens with two attached hydrogens (primary N) is 1. The molecule has 29 heavy (non-hydrogen) atoms. The molecule has 0 radical (unpaired) electrons. The molecule has 0 aromatic carbocycles. The summed E-state index contributed by atoms with van der Waals surface area (Å²) in [5, 5.41) is 0.945. The molecular weight excluding hydrogens is 390 g/mol. The lowest BCUT2D eigenvalue weighted by Gasteiger charge is -2.33. The first kappa shape index (κ1) is 20.4. The van der Waals surface area contributed by atoms with Crippen molar-refractivity contribution in [2.75, 3.05) is 43.5 Å². The number of hydrogen-bond donors (Lipinski definition) is 1. The normalized spacial score (nSPS) is 18.7. The van der Waals surface area contributed by atoms with E-state index in [4.69, 9.17) is 19.9 Å². The van der Waals surface area contributed by atoms with Gasteiger partial charge in [0.25, 0.3) is 5.82 Å². The van der Waals surface area contributed by atoms with Crippen LogP contribution in [0.2, 0.25) is 0 Å². The van der Waals surface area contributed by atoms with Gasteiger partial charge in [0.2, 0.25) is 0 Å². The van der Waals surface area contributed by atoms with Crippen LogP contribution >= 0.6 is 11.3 Å². The molecule has 3 N–H and O–H groups in total. The van der Waals surface area contributed by atoms with Gasteiger partial charge in [0.05, 0.1) is 48.7 Å². The lowest BCUT2D eigenvalue weighted by molar-refractivity contribution is -0.329. The highest BCUT2D eigenvalue weighted by molar-refractivity contribution is 7.20. The fourth-order valence-corrected chi connectivity index (χ4v) is 5.03. The van der Waals surface area contributed by atoms with E-state index in [2.05, 4.69) is 30.7 Å². The molecule has 2 aliphatic rings. The van der Waals surface area contributed by atoms with E-state index in [1.54, 1.807) is 0 Å². The minimum Gasteiger partial charge on any atom is -0.461 e. The minimum absolute atomic E-state index is 0.278. The van der Waals surface area contributed by atoms with Crippen molar-refractivity contribution in [3.05, 3.63) is 16.0 Å². The van der Waals surface area contributed by atoms with Crippen LogP contribution in [0, 0.1) is 0 Å². The maximum atomic E-state index is 12.6. The number of esters is 1. The number of nitrogens with one attached hydrogen (secondary N) is 1. The van der Waals surface area contributed by atoms with Crippen LogP contribution in [0.3, 0.4) is 0 Å². The average Bonchev–Trinajstić information content (AvgIpc) is 3.04. The second kappa shape index (κ2) is 8.08. The monoisotopic (exact) mass is 420 g/mol. The molecule has 158 valence electrons. The molecule has 0 unspecified atom stereocenters. The fourth-order valence-electron chi connectivity index (χ4n) is 3.99. The van der Waals surface area contributed by atoms with Crippen molar-refractivity contribution in [3.63, 3.8) is 0 Å². The van der Waals surface area contributed by atoms with Crippen molar-refractivity contribution in [1.82, 2.24) is 0 Å². The third-order valence-corrected chi connectivity index (χ3v) is 6.68. The Labute approximate surface area is 175 Å². The lowest BCUT2D eigenvalue weighted by atomic mass is 9.89. The summed E-state index contributed by atoms with van der Waals surface area (Å²) in [5.74, 6) is 0.719. The van der Waals surface area contributed by atoms with Gasteiger partial charge in [-0.05, 0) is 25.8 Å². The van der Waals surface area contributed by atoms with Crippen molar-refractivity contribution in [1.29, 1.82) is 0 Å². The Balaban J connectivity index is 1.81. The van der Waals surface area contributed by atoms with E-state index in [0.717, 1.165) is 53.9 Å². The number of carbonyl (C=O) groups is 1. The molecule has 0 amide bonds. The van der Waals surface area contributed by atoms with Crippen LogP contribution in [0.4, 0.5) is 11.5 Å². The van der Waals surface area contributed by atoms with E-state index in [0.29, 0.717) is 37.0 Å². The second-order valence-corrected chi connectivity index (χ2v) is 9.31. The minimum atomic E-state index is -0.335. The number of carbonyl (C=O) groups excluding carboxylic acids is 1. The summed E-state index contributed by atoms with van der Waals surface area (Å²) < 4.78 is 17.1. The molecule has 4 heterocycles. The Morgan fingerprint density at radius 2 is 2.07 bits per heavy atom. The number of nitrogen functional groups attached to an aromatic ring is 1. The number of nitrogens with zero attached hydrogens (tertiary/aromatic N) is 1. The third kappa shape index (κ3) is 3.93. The maximum Gasteiger partial charge on any atom is 0.350 e. The highest BCUT2D eigenvalue weighted by Crippen LogP contribution is 2.42. The Kier molecular flexibility index (Phi) is 5.68. The van der Waals surface area contributed by atoms with Gasteiger partial charge in [0.1, 0.15) is 18.0 Å². The van der Waals surface area contributed by atoms with E-state index >= 15 is 0 Å². The van der Waals surface area contributed by atoms with E-state index in [1.807, 2.05) is 0 Å². The summed E-state index contributed by atoms with van der Waals surface area (Å²) in [6.45, 7) is 10.3. The fraction of sp³-hybridized carbons (Fsp3) is 0.619. The highest BCUT2D eigenvalue weighted by atomic mass is 32.1. The van der Waals surface area contributed by atoms with Crippen LogP contribution in [0.25, 0.3) is 10.2 Å². The molecule has 4 rings (SSSR count). The standard InChI is InChI=1S/C21H29N3O4S/c1-4-5-8-27-20(25)17-16(22)15-13-11-21(2,3)28-12-14(13)18(23-19(15)29-17)24-6-9-26-10-7-24/h4-12,22H2,1-3H3/p+1. The first-order valence-electron chi connectivity index (χ1n) is 10.3. The van der Waals surface area contributed by atoms with E-state index in [1.165, 1.54) is 16.9 Å². The highest BCUT2D eigenvalue weighted by Gasteiger charge is 2.37. The topological polar surface area (TPSA) is 88.2 Å². The maximum absolute atomic E-state index is 12.6. The smallest absolute Gasteiger partial charge is 0.350 e. The number of thiophene rings is 1. The van der Waals surface area contributed by atoms with Gasteiger partial charge in [0, 0.05) is 6.42 Å². The number of pyridine rings is 1. The lowest BCUT2D eigenvalue weighted by Crippen LogP contribution is -2.42. The molecule has 0 aliphatic carbocycles. The molecule has 0 bridgehead atoms. The van der Waals surface area contributed by atoms with Crippen LogP contribution < -0.4 is 15.6 Å². The summed E-state index contributed by atoms with van der Waals surface area (Å²) in [4.78, 5) is 19.9. The Morgan fingerprint density at radius 1 is 1.31 bits per heavy atom. The van der Waals surface area contributed by atoms with Crippen LogP contribution in [0.5, 0.6) is 0 Å². The van der Waals surface area contributed by atoms with Gasteiger partial charge >= 0.3 is 5.97 Å². The molecule has 0 saturated carbocycles. The first-order valence-corrected chi connectivity index (χ1v) is 11.2. The number of aromatic nitrogens is 1. The molecule has 2 aromatic rings. The average molecular weight is 421 g/mol. The Bertz CT molecular complexity index is 919. The van der Waals surface area contributed by atoms with Crippen LogP contribution in [-0.2, 0) is 27.2 Å².